The number of aromatic nitrogens is 1. The summed E-state index contributed by atoms with van der Waals surface area (Å²) in [6.07, 6.45) is -4.27. The van der Waals surface area contributed by atoms with Crippen LogP contribution >= 0.6 is 11.6 Å². The molecule has 2 heterocycles. The van der Waals surface area contributed by atoms with Crippen molar-refractivity contribution in [3.63, 3.8) is 0 Å². The van der Waals surface area contributed by atoms with Crippen molar-refractivity contribution in [3.05, 3.63) is 29.8 Å². The van der Waals surface area contributed by atoms with Crippen LogP contribution < -0.4 is 5.73 Å². The topological polar surface area (TPSA) is 38.9 Å². The SMILES string of the molecule is FC(F)(F)c1cc2ccc3nc2c3c1.NCCCl. The van der Waals surface area contributed by atoms with Crippen LogP contribution in [0, 0.1) is 0 Å². The molecule has 0 amide bonds. The lowest BCUT2D eigenvalue weighted by molar-refractivity contribution is -0.137. The number of hydrogen-bond donors (Lipinski definition) is 1. The molecule has 2 N–H and O–H groups in total. The molecule has 0 spiro atoms. The van der Waals surface area contributed by atoms with E-state index in [9.17, 15) is 13.2 Å². The van der Waals surface area contributed by atoms with E-state index in [0.29, 0.717) is 34.2 Å². The maximum Gasteiger partial charge on any atom is 0.416 e. The molecule has 4 bridgehead atoms. The quantitative estimate of drug-likeness (QED) is 0.690. The Labute approximate surface area is 106 Å². The zero-order chi connectivity index (χ0) is 13.3. The first-order chi connectivity index (χ1) is 8.47. The highest BCUT2D eigenvalue weighted by Crippen LogP contribution is 2.37. The normalized spacial score (nSPS) is 12.1. The highest BCUT2D eigenvalue weighted by molar-refractivity contribution is 6.18. The smallest absolute Gasteiger partial charge is 0.329 e. The van der Waals surface area contributed by atoms with Gasteiger partial charge in [-0.1, -0.05) is 6.07 Å². The number of nitrogens with zero attached hydrogens (tertiary/aromatic N) is 1. The van der Waals surface area contributed by atoms with Gasteiger partial charge in [-0.2, -0.15) is 13.2 Å². The summed E-state index contributed by atoms with van der Waals surface area (Å²) in [6.45, 7) is 0.585. The minimum Gasteiger partial charge on any atom is -0.329 e. The summed E-state index contributed by atoms with van der Waals surface area (Å²) >= 11 is 5.06. The van der Waals surface area contributed by atoms with Crippen LogP contribution in [0.2, 0.25) is 0 Å². The molecule has 2 aromatic carbocycles. The molecular weight excluding hydrogens is 265 g/mol. The Morgan fingerprint density at radius 2 is 1.89 bits per heavy atom. The second kappa shape index (κ2) is 4.74. The number of rotatable bonds is 1. The molecule has 18 heavy (non-hydrogen) atoms. The molecule has 0 saturated carbocycles. The van der Waals surface area contributed by atoms with Crippen molar-refractivity contribution in [1.29, 1.82) is 0 Å². The van der Waals surface area contributed by atoms with Gasteiger partial charge in [0.1, 0.15) is 0 Å². The van der Waals surface area contributed by atoms with Gasteiger partial charge in [0, 0.05) is 23.2 Å². The monoisotopic (exact) mass is 274 g/mol. The lowest BCUT2D eigenvalue weighted by atomic mass is 10.0. The minimum absolute atomic E-state index is 0.560. The largest absolute Gasteiger partial charge is 0.416 e. The van der Waals surface area contributed by atoms with Crippen LogP contribution in [0.1, 0.15) is 5.56 Å². The van der Waals surface area contributed by atoms with E-state index in [2.05, 4.69) is 4.98 Å². The molecule has 6 heteroatoms. The Morgan fingerprint density at radius 3 is 2.33 bits per heavy atom. The van der Waals surface area contributed by atoms with E-state index in [-0.39, 0.29) is 0 Å². The maximum atomic E-state index is 12.4. The summed E-state index contributed by atoms with van der Waals surface area (Å²) in [6, 6.07) is 5.69. The highest BCUT2D eigenvalue weighted by atomic mass is 35.5. The van der Waals surface area contributed by atoms with Gasteiger partial charge in [-0.05, 0) is 18.2 Å². The minimum atomic E-state index is -4.27. The zero-order valence-electron chi connectivity index (χ0n) is 9.26. The standard InChI is InChI=1S/C10H4F3N.C2H6ClN/c11-10(12,13)6-3-5-1-2-8-7(4-6)9(5)14-8;3-1-2-4/h1-4H;1-2,4H2. The molecule has 0 aliphatic heterocycles. The summed E-state index contributed by atoms with van der Waals surface area (Å²) in [5, 5.41) is 1.18. The molecule has 0 radical (unpaired) electrons. The van der Waals surface area contributed by atoms with Gasteiger partial charge in [-0.3, -0.25) is 0 Å². The Kier molecular flexibility index (Phi) is 3.45. The fourth-order valence-electron chi connectivity index (χ4n) is 1.69. The molecule has 2 aromatic heterocycles. The summed E-state index contributed by atoms with van der Waals surface area (Å²) in [4.78, 5) is 4.06. The second-order valence-electron chi connectivity index (χ2n) is 3.77. The van der Waals surface area contributed by atoms with E-state index >= 15 is 0 Å². The van der Waals surface area contributed by atoms with Crippen molar-refractivity contribution in [2.75, 3.05) is 12.4 Å². The summed E-state index contributed by atoms with van der Waals surface area (Å²) in [5.41, 5.74) is 5.64. The summed E-state index contributed by atoms with van der Waals surface area (Å²) < 4.78 is 37.2. The fraction of sp³-hybridized carbons (Fsp3) is 0.250. The van der Waals surface area contributed by atoms with Gasteiger partial charge in [0.05, 0.1) is 16.6 Å². The van der Waals surface area contributed by atoms with Crippen molar-refractivity contribution in [2.24, 2.45) is 5.73 Å². The molecular formula is C12H10ClF3N2. The molecule has 0 saturated heterocycles. The first kappa shape index (κ1) is 13.1. The third-order valence-electron chi connectivity index (χ3n) is 2.50. The number of halogens is 4. The molecule has 2 nitrogen and oxygen atoms in total. The molecule has 0 fully saturated rings. The van der Waals surface area contributed by atoms with Crippen LogP contribution in [-0.4, -0.2) is 17.4 Å². The van der Waals surface area contributed by atoms with Gasteiger partial charge >= 0.3 is 6.18 Å². The van der Waals surface area contributed by atoms with Crippen LogP contribution in [0.3, 0.4) is 0 Å². The van der Waals surface area contributed by atoms with Gasteiger partial charge in [0.15, 0.2) is 0 Å². The van der Waals surface area contributed by atoms with Gasteiger partial charge in [-0.15, -0.1) is 11.6 Å². The van der Waals surface area contributed by atoms with E-state index < -0.39 is 11.7 Å². The molecule has 0 aliphatic rings. The summed E-state index contributed by atoms with van der Waals surface area (Å²) in [5.74, 6) is 0.569. The third-order valence-corrected chi connectivity index (χ3v) is 2.72. The number of nitrogens with two attached hydrogens (primary N) is 1. The maximum absolute atomic E-state index is 12.4. The lowest BCUT2D eigenvalue weighted by Crippen LogP contribution is -2.06. The number of alkyl halides is 4. The van der Waals surface area contributed by atoms with Crippen molar-refractivity contribution in [1.82, 2.24) is 4.98 Å². The van der Waals surface area contributed by atoms with Crippen molar-refractivity contribution >= 4 is 33.4 Å². The molecule has 96 valence electrons. The predicted molar refractivity (Wildman–Crippen MR) is 66.4 cm³/mol. The first-order valence-electron chi connectivity index (χ1n) is 5.26. The Hall–Kier alpha value is -1.33. The Morgan fingerprint density at radius 1 is 1.22 bits per heavy atom. The summed E-state index contributed by atoms with van der Waals surface area (Å²) in [7, 11) is 0. The van der Waals surface area contributed by atoms with Crippen LogP contribution in [-0.2, 0) is 6.18 Å². The van der Waals surface area contributed by atoms with Gasteiger partial charge < -0.3 is 5.73 Å². The van der Waals surface area contributed by atoms with Gasteiger partial charge in [0.25, 0.3) is 0 Å². The van der Waals surface area contributed by atoms with Crippen LogP contribution in [0.4, 0.5) is 13.2 Å². The molecule has 0 atom stereocenters. The van der Waals surface area contributed by atoms with E-state index in [4.69, 9.17) is 17.3 Å². The van der Waals surface area contributed by atoms with E-state index in [1.807, 2.05) is 0 Å². The molecule has 0 unspecified atom stereocenters. The zero-order valence-corrected chi connectivity index (χ0v) is 10.0. The first-order valence-corrected chi connectivity index (χ1v) is 5.79. The van der Waals surface area contributed by atoms with Gasteiger partial charge in [-0.25, -0.2) is 4.98 Å². The second-order valence-corrected chi connectivity index (χ2v) is 4.15. The van der Waals surface area contributed by atoms with Crippen molar-refractivity contribution in [2.45, 2.75) is 6.18 Å². The van der Waals surface area contributed by atoms with Crippen molar-refractivity contribution < 1.29 is 13.2 Å². The number of fused-ring (bicyclic) bond motifs is 1. The van der Waals surface area contributed by atoms with Crippen LogP contribution in [0.15, 0.2) is 24.3 Å². The molecule has 4 rings (SSSR count). The average molecular weight is 275 g/mol. The molecule has 0 aliphatic carbocycles. The van der Waals surface area contributed by atoms with Crippen molar-refractivity contribution in [3.8, 4) is 0 Å². The lowest BCUT2D eigenvalue weighted by Gasteiger charge is -2.13. The van der Waals surface area contributed by atoms with Gasteiger partial charge in [0.2, 0.25) is 0 Å². The van der Waals surface area contributed by atoms with Crippen LogP contribution in [0.25, 0.3) is 21.8 Å². The van der Waals surface area contributed by atoms with E-state index in [1.165, 1.54) is 0 Å². The van der Waals surface area contributed by atoms with E-state index in [1.54, 1.807) is 12.1 Å². The van der Waals surface area contributed by atoms with Crippen LogP contribution in [0.5, 0.6) is 0 Å². The molecule has 4 aromatic rings. The predicted octanol–water partition coefficient (Wildman–Crippen LogP) is 3.47. The highest BCUT2D eigenvalue weighted by Gasteiger charge is 2.31. The Bertz CT molecular complexity index is 597. The fourth-order valence-corrected chi connectivity index (χ4v) is 1.69. The average Bonchev–Trinajstić information content (AvgIpc) is 2.32. The number of benzene rings is 2. The Balaban J connectivity index is 0.000000267. The number of pyridine rings is 1. The number of hydrogen-bond acceptors (Lipinski definition) is 2. The van der Waals surface area contributed by atoms with E-state index in [0.717, 1.165) is 12.1 Å². The third kappa shape index (κ3) is 2.28.